The summed E-state index contributed by atoms with van der Waals surface area (Å²) in [5.41, 5.74) is 0.823. The number of sulfonamides is 1. The number of para-hydroxylation sites is 1. The molecule has 32 heavy (non-hydrogen) atoms. The Kier molecular flexibility index (Phi) is 7.09. The number of carbonyl (C=O) groups excluding carboxylic acids is 1. The summed E-state index contributed by atoms with van der Waals surface area (Å²) in [7, 11) is -2.32. The molecule has 1 N–H and O–H groups in total. The number of hydrogen-bond acceptors (Lipinski definition) is 4. The van der Waals surface area contributed by atoms with Gasteiger partial charge < -0.3 is 9.64 Å². The van der Waals surface area contributed by atoms with Gasteiger partial charge in [-0.15, -0.1) is 0 Å². The number of amides is 1. The third-order valence-corrected chi connectivity index (χ3v) is 6.07. The molecule has 0 aliphatic rings. The standard InChI is InChI=1S/C23H22F2N2O4S/c1-16-15-19(11-12-20(16)24)32(29,30)26-18-9-7-17(8-10-18)23(28)27(2)13-14-31-22-6-4-3-5-21(22)25/h3-12,15,26H,13-14H2,1-2H3. The predicted molar refractivity (Wildman–Crippen MR) is 117 cm³/mol. The minimum atomic E-state index is -3.90. The fourth-order valence-corrected chi connectivity index (χ4v) is 4.00. The zero-order chi connectivity index (χ0) is 23.3. The summed E-state index contributed by atoms with van der Waals surface area (Å²) in [6.45, 7) is 1.82. The number of rotatable bonds is 8. The van der Waals surface area contributed by atoms with Gasteiger partial charge in [0, 0.05) is 18.3 Å². The Morgan fingerprint density at radius 3 is 2.34 bits per heavy atom. The van der Waals surface area contributed by atoms with E-state index in [1.807, 2.05) is 0 Å². The van der Waals surface area contributed by atoms with E-state index < -0.39 is 21.7 Å². The van der Waals surface area contributed by atoms with Gasteiger partial charge in [0.25, 0.3) is 15.9 Å². The molecule has 0 saturated carbocycles. The van der Waals surface area contributed by atoms with E-state index in [-0.39, 0.29) is 41.0 Å². The van der Waals surface area contributed by atoms with Crippen LogP contribution in [-0.4, -0.2) is 39.4 Å². The Morgan fingerprint density at radius 2 is 1.69 bits per heavy atom. The SMILES string of the molecule is Cc1cc(S(=O)(=O)Nc2ccc(C(=O)N(C)CCOc3ccccc3F)cc2)ccc1F. The van der Waals surface area contributed by atoms with Gasteiger partial charge in [0.1, 0.15) is 12.4 Å². The summed E-state index contributed by atoms with van der Waals surface area (Å²) in [6, 6.07) is 15.4. The Labute approximate surface area is 185 Å². The molecule has 3 rings (SSSR count). The molecule has 0 saturated heterocycles. The second-order valence-corrected chi connectivity index (χ2v) is 8.78. The molecule has 0 atom stereocenters. The maximum absolute atomic E-state index is 13.6. The Balaban J connectivity index is 1.59. The van der Waals surface area contributed by atoms with Crippen molar-refractivity contribution >= 4 is 21.6 Å². The Bertz CT molecular complexity index is 1210. The van der Waals surface area contributed by atoms with Crippen molar-refractivity contribution in [1.29, 1.82) is 0 Å². The van der Waals surface area contributed by atoms with Gasteiger partial charge in [0.15, 0.2) is 11.6 Å². The number of benzene rings is 3. The summed E-state index contributed by atoms with van der Waals surface area (Å²) < 4.78 is 59.7. The van der Waals surface area contributed by atoms with Crippen LogP contribution in [0.4, 0.5) is 14.5 Å². The van der Waals surface area contributed by atoms with Gasteiger partial charge in [0.05, 0.1) is 11.4 Å². The first kappa shape index (κ1) is 23.2. The van der Waals surface area contributed by atoms with Gasteiger partial charge in [-0.25, -0.2) is 17.2 Å². The predicted octanol–water partition coefficient (Wildman–Crippen LogP) is 4.23. The van der Waals surface area contributed by atoms with E-state index in [0.717, 1.165) is 6.07 Å². The van der Waals surface area contributed by atoms with Gasteiger partial charge >= 0.3 is 0 Å². The Morgan fingerprint density at radius 1 is 1.00 bits per heavy atom. The summed E-state index contributed by atoms with van der Waals surface area (Å²) in [4.78, 5) is 13.9. The van der Waals surface area contributed by atoms with Gasteiger partial charge in [-0.1, -0.05) is 12.1 Å². The van der Waals surface area contributed by atoms with Crippen molar-refractivity contribution in [3.63, 3.8) is 0 Å². The number of carbonyl (C=O) groups is 1. The van der Waals surface area contributed by atoms with E-state index in [9.17, 15) is 22.0 Å². The highest BCUT2D eigenvalue weighted by molar-refractivity contribution is 7.92. The minimum Gasteiger partial charge on any atom is -0.489 e. The van der Waals surface area contributed by atoms with E-state index in [4.69, 9.17) is 4.74 Å². The van der Waals surface area contributed by atoms with Crippen molar-refractivity contribution in [2.45, 2.75) is 11.8 Å². The average Bonchev–Trinajstić information content (AvgIpc) is 2.76. The zero-order valence-electron chi connectivity index (χ0n) is 17.5. The van der Waals surface area contributed by atoms with E-state index in [1.54, 1.807) is 19.2 Å². The highest BCUT2D eigenvalue weighted by atomic mass is 32.2. The molecule has 3 aromatic carbocycles. The van der Waals surface area contributed by atoms with Gasteiger partial charge in [-0.2, -0.15) is 0 Å². The third kappa shape index (κ3) is 5.61. The molecule has 0 radical (unpaired) electrons. The molecule has 0 aromatic heterocycles. The van der Waals surface area contributed by atoms with Gasteiger partial charge in [-0.05, 0) is 67.1 Å². The third-order valence-electron chi connectivity index (χ3n) is 4.69. The number of hydrogen-bond donors (Lipinski definition) is 1. The molecular weight excluding hydrogens is 438 g/mol. The fraction of sp³-hybridized carbons (Fsp3) is 0.174. The van der Waals surface area contributed by atoms with Crippen molar-refractivity contribution in [3.05, 3.63) is 89.5 Å². The quantitative estimate of drug-likeness (QED) is 0.546. The lowest BCUT2D eigenvalue weighted by molar-refractivity contribution is 0.0773. The lowest BCUT2D eigenvalue weighted by Gasteiger charge is -2.18. The minimum absolute atomic E-state index is 0.0638. The molecule has 1 amide bonds. The zero-order valence-corrected chi connectivity index (χ0v) is 18.3. The molecule has 0 unspecified atom stereocenters. The van der Waals surface area contributed by atoms with Crippen LogP contribution in [0.5, 0.6) is 5.75 Å². The largest absolute Gasteiger partial charge is 0.489 e. The maximum atomic E-state index is 13.6. The maximum Gasteiger partial charge on any atom is 0.261 e. The summed E-state index contributed by atoms with van der Waals surface area (Å²) in [5, 5.41) is 0. The van der Waals surface area contributed by atoms with Crippen LogP contribution in [0.2, 0.25) is 0 Å². The van der Waals surface area contributed by atoms with Crippen molar-refractivity contribution in [2.24, 2.45) is 0 Å². The van der Waals surface area contributed by atoms with Crippen molar-refractivity contribution in [3.8, 4) is 5.75 Å². The second-order valence-electron chi connectivity index (χ2n) is 7.10. The number of aryl methyl sites for hydroxylation is 1. The number of anilines is 1. The molecule has 0 aliphatic heterocycles. The van der Waals surface area contributed by atoms with Gasteiger partial charge in [0.2, 0.25) is 0 Å². The van der Waals surface area contributed by atoms with E-state index in [1.165, 1.54) is 60.4 Å². The second kappa shape index (κ2) is 9.78. The van der Waals surface area contributed by atoms with Crippen molar-refractivity contribution in [2.75, 3.05) is 24.9 Å². The van der Waals surface area contributed by atoms with Crippen LogP contribution in [0.15, 0.2) is 71.6 Å². The van der Waals surface area contributed by atoms with E-state index in [2.05, 4.69) is 4.72 Å². The smallest absolute Gasteiger partial charge is 0.261 e. The number of halogens is 2. The highest BCUT2D eigenvalue weighted by Gasteiger charge is 2.17. The molecule has 0 heterocycles. The lowest BCUT2D eigenvalue weighted by atomic mass is 10.2. The first-order chi connectivity index (χ1) is 15.2. The highest BCUT2D eigenvalue weighted by Crippen LogP contribution is 2.20. The van der Waals surface area contributed by atoms with Crippen molar-refractivity contribution < 1.29 is 26.7 Å². The number of nitrogens with one attached hydrogen (secondary N) is 1. The Hall–Kier alpha value is -3.46. The van der Waals surface area contributed by atoms with Crippen LogP contribution in [-0.2, 0) is 10.0 Å². The summed E-state index contributed by atoms with van der Waals surface area (Å²) in [6.07, 6.45) is 0. The van der Waals surface area contributed by atoms with Gasteiger partial charge in [-0.3, -0.25) is 9.52 Å². The molecule has 0 fully saturated rings. The summed E-state index contributed by atoms with van der Waals surface area (Å²) in [5.74, 6) is -1.16. The molecule has 0 aliphatic carbocycles. The first-order valence-electron chi connectivity index (χ1n) is 9.69. The van der Waals surface area contributed by atoms with Crippen LogP contribution < -0.4 is 9.46 Å². The number of likely N-dealkylation sites (N-methyl/N-ethyl adjacent to an activating group) is 1. The molecule has 0 bridgehead atoms. The van der Waals surface area contributed by atoms with Crippen LogP contribution >= 0.6 is 0 Å². The van der Waals surface area contributed by atoms with Crippen molar-refractivity contribution in [1.82, 2.24) is 4.90 Å². The van der Waals surface area contributed by atoms with Crippen LogP contribution in [0.25, 0.3) is 0 Å². The molecule has 9 heteroatoms. The molecule has 168 valence electrons. The van der Waals surface area contributed by atoms with Crippen LogP contribution in [0.3, 0.4) is 0 Å². The summed E-state index contributed by atoms with van der Waals surface area (Å²) >= 11 is 0. The van der Waals surface area contributed by atoms with Crippen LogP contribution in [0, 0.1) is 18.6 Å². The number of nitrogens with zero attached hydrogens (tertiary/aromatic N) is 1. The average molecular weight is 461 g/mol. The molecule has 0 spiro atoms. The first-order valence-corrected chi connectivity index (χ1v) is 11.2. The van der Waals surface area contributed by atoms with Crippen LogP contribution in [0.1, 0.15) is 15.9 Å². The number of ether oxygens (including phenoxy) is 1. The topological polar surface area (TPSA) is 75.7 Å². The normalized spacial score (nSPS) is 11.1. The van der Waals surface area contributed by atoms with E-state index >= 15 is 0 Å². The van der Waals surface area contributed by atoms with E-state index in [0.29, 0.717) is 5.56 Å². The molecule has 3 aromatic rings. The monoisotopic (exact) mass is 460 g/mol. The fourth-order valence-electron chi connectivity index (χ4n) is 2.86. The molecular formula is C23H22F2N2O4S. The lowest BCUT2D eigenvalue weighted by Crippen LogP contribution is -2.30. The molecule has 6 nitrogen and oxygen atoms in total.